The van der Waals surface area contributed by atoms with Gasteiger partial charge in [0.1, 0.15) is 24.1 Å². The summed E-state index contributed by atoms with van der Waals surface area (Å²) in [5.74, 6) is -0.638. The molecule has 0 amide bonds. The Morgan fingerprint density at radius 2 is 1.90 bits per heavy atom. The third kappa shape index (κ3) is 7.78. The van der Waals surface area contributed by atoms with Gasteiger partial charge in [-0.25, -0.2) is 23.2 Å². The predicted octanol–water partition coefficient (Wildman–Crippen LogP) is 3.62. The summed E-state index contributed by atoms with van der Waals surface area (Å²) in [7, 11) is -3.91. The SMILES string of the molecule is CC(C)[C@@H](CNC(Cc1ccc(C(F)(F)F)cc1)C(=O)O)n1cc(COc2ccc3nc(S(N)(=O)=O)sc3c2)nn1. The van der Waals surface area contributed by atoms with Gasteiger partial charge in [-0.3, -0.25) is 4.79 Å². The van der Waals surface area contributed by atoms with E-state index in [1.165, 1.54) is 12.1 Å². The van der Waals surface area contributed by atoms with Gasteiger partial charge in [0.25, 0.3) is 10.0 Å². The fourth-order valence-electron chi connectivity index (χ4n) is 4.00. The molecule has 220 valence electrons. The van der Waals surface area contributed by atoms with Gasteiger partial charge in [-0.15, -0.1) is 16.4 Å². The van der Waals surface area contributed by atoms with E-state index in [0.29, 0.717) is 27.2 Å². The first kappa shape index (κ1) is 30.4. The molecule has 4 rings (SSSR count). The zero-order valence-corrected chi connectivity index (χ0v) is 23.5. The van der Waals surface area contributed by atoms with Crippen molar-refractivity contribution < 1.29 is 36.2 Å². The number of thiazole rings is 1. The predicted molar refractivity (Wildman–Crippen MR) is 144 cm³/mol. The number of aliphatic carboxylic acids is 1. The normalized spacial score (nSPS) is 13.9. The standard InChI is InChI=1S/C25H27F3N6O5S2/c1-14(2)21(11-30-20(23(35)36)9-15-3-5-16(6-4-15)25(26,27)28)34-12-17(32-33-34)13-39-18-7-8-19-22(10-18)40-24(31-19)41(29,37)38/h3-8,10,12,14,20-21,30H,9,11,13H2,1-2H3,(H,35,36)(H2,29,37,38)/t20?,21-/m1/s1. The number of hydrogen-bond donors (Lipinski definition) is 3. The highest BCUT2D eigenvalue weighted by Gasteiger charge is 2.30. The number of aromatic nitrogens is 4. The summed E-state index contributed by atoms with van der Waals surface area (Å²) in [5, 5.41) is 26.1. The number of halogens is 3. The minimum Gasteiger partial charge on any atom is -0.487 e. The molecule has 0 saturated carbocycles. The van der Waals surface area contributed by atoms with Crippen LogP contribution in [-0.4, -0.2) is 52.1 Å². The van der Waals surface area contributed by atoms with Crippen LogP contribution >= 0.6 is 11.3 Å². The fraction of sp³-hybridized carbons (Fsp3) is 0.360. The first-order valence-electron chi connectivity index (χ1n) is 12.3. The van der Waals surface area contributed by atoms with Gasteiger partial charge in [-0.2, -0.15) is 13.2 Å². The van der Waals surface area contributed by atoms with Crippen LogP contribution in [0.25, 0.3) is 10.2 Å². The van der Waals surface area contributed by atoms with E-state index in [4.69, 9.17) is 9.88 Å². The van der Waals surface area contributed by atoms with E-state index in [2.05, 4.69) is 20.6 Å². The molecular weight excluding hydrogens is 585 g/mol. The number of nitrogens with one attached hydrogen (secondary N) is 1. The summed E-state index contributed by atoms with van der Waals surface area (Å²) in [5.41, 5.74) is 0.635. The zero-order chi connectivity index (χ0) is 29.9. The molecule has 2 heterocycles. The lowest BCUT2D eigenvalue weighted by molar-refractivity contribution is -0.140. The number of benzene rings is 2. The van der Waals surface area contributed by atoms with Gasteiger partial charge in [0.2, 0.25) is 4.34 Å². The number of sulfonamides is 1. The molecule has 0 fully saturated rings. The van der Waals surface area contributed by atoms with Crippen molar-refractivity contribution >= 4 is 37.5 Å². The Morgan fingerprint density at radius 1 is 1.20 bits per heavy atom. The highest BCUT2D eigenvalue weighted by atomic mass is 32.2. The molecule has 11 nitrogen and oxygen atoms in total. The maximum Gasteiger partial charge on any atom is 0.416 e. The van der Waals surface area contributed by atoms with Crippen LogP contribution < -0.4 is 15.2 Å². The van der Waals surface area contributed by atoms with Crippen LogP contribution in [0.3, 0.4) is 0 Å². The van der Waals surface area contributed by atoms with E-state index in [-0.39, 0.29) is 35.9 Å². The number of rotatable bonds is 12. The average Bonchev–Trinajstić information content (AvgIpc) is 3.53. The van der Waals surface area contributed by atoms with Gasteiger partial charge >= 0.3 is 12.1 Å². The van der Waals surface area contributed by atoms with E-state index in [1.54, 1.807) is 29.1 Å². The highest BCUT2D eigenvalue weighted by Crippen LogP contribution is 2.30. The van der Waals surface area contributed by atoms with E-state index in [1.807, 2.05) is 13.8 Å². The van der Waals surface area contributed by atoms with Crippen LogP contribution in [0.5, 0.6) is 5.75 Å². The van der Waals surface area contributed by atoms with Crippen molar-refractivity contribution in [3.8, 4) is 5.75 Å². The van der Waals surface area contributed by atoms with Crippen molar-refractivity contribution in [3.63, 3.8) is 0 Å². The van der Waals surface area contributed by atoms with Crippen molar-refractivity contribution in [3.05, 3.63) is 65.5 Å². The molecule has 0 saturated heterocycles. The number of carboxylic acid groups (broad SMARTS) is 1. The Morgan fingerprint density at radius 3 is 2.51 bits per heavy atom. The molecule has 2 aromatic heterocycles. The highest BCUT2D eigenvalue weighted by molar-refractivity contribution is 7.91. The van der Waals surface area contributed by atoms with Gasteiger partial charge in [0, 0.05) is 6.54 Å². The van der Waals surface area contributed by atoms with Crippen molar-refractivity contribution in [2.45, 2.75) is 49.5 Å². The van der Waals surface area contributed by atoms with E-state index in [9.17, 15) is 31.5 Å². The van der Waals surface area contributed by atoms with Crippen molar-refractivity contribution in [2.24, 2.45) is 11.1 Å². The first-order valence-corrected chi connectivity index (χ1v) is 14.7. The number of primary sulfonamides is 1. The third-order valence-corrected chi connectivity index (χ3v) is 8.57. The van der Waals surface area contributed by atoms with Gasteiger partial charge < -0.3 is 15.2 Å². The molecule has 2 atom stereocenters. The largest absolute Gasteiger partial charge is 0.487 e. The molecule has 0 spiro atoms. The Balaban J connectivity index is 1.38. The second-order valence-electron chi connectivity index (χ2n) is 9.64. The molecule has 0 aliphatic rings. The molecule has 2 aromatic carbocycles. The van der Waals surface area contributed by atoms with E-state index in [0.717, 1.165) is 23.5 Å². The topological polar surface area (TPSA) is 162 Å². The number of carboxylic acids is 1. The Hall–Kier alpha value is -3.60. The summed E-state index contributed by atoms with van der Waals surface area (Å²) in [6.45, 7) is 4.16. The van der Waals surface area contributed by atoms with Crippen molar-refractivity contribution in [1.82, 2.24) is 25.3 Å². The number of alkyl halides is 3. The van der Waals surface area contributed by atoms with Gasteiger partial charge in [-0.05, 0) is 48.2 Å². The van der Waals surface area contributed by atoms with Crippen molar-refractivity contribution in [2.75, 3.05) is 6.54 Å². The Kier molecular flexibility index (Phi) is 8.96. The third-order valence-electron chi connectivity index (χ3n) is 6.23. The van der Waals surface area contributed by atoms with Crippen LogP contribution in [0.15, 0.2) is 53.0 Å². The first-order chi connectivity index (χ1) is 19.2. The average molecular weight is 613 g/mol. The number of nitrogens with two attached hydrogens (primary N) is 1. The number of hydrogen-bond acceptors (Lipinski definition) is 9. The molecule has 4 aromatic rings. The summed E-state index contributed by atoms with van der Waals surface area (Å²) in [4.78, 5) is 15.9. The number of ether oxygens (including phenoxy) is 1. The smallest absolute Gasteiger partial charge is 0.416 e. The maximum atomic E-state index is 12.8. The molecule has 41 heavy (non-hydrogen) atoms. The molecule has 0 aliphatic carbocycles. The zero-order valence-electron chi connectivity index (χ0n) is 21.9. The van der Waals surface area contributed by atoms with Crippen LogP contribution in [0, 0.1) is 5.92 Å². The molecule has 16 heteroatoms. The van der Waals surface area contributed by atoms with Crippen LogP contribution in [0.1, 0.15) is 36.7 Å². The molecule has 0 aliphatic heterocycles. The second kappa shape index (κ2) is 12.1. The summed E-state index contributed by atoms with van der Waals surface area (Å²) in [6.07, 6.45) is -2.79. The second-order valence-corrected chi connectivity index (χ2v) is 12.4. The Labute approximate surface area is 237 Å². The summed E-state index contributed by atoms with van der Waals surface area (Å²) >= 11 is 0.933. The molecule has 0 radical (unpaired) electrons. The van der Waals surface area contributed by atoms with E-state index < -0.39 is 33.8 Å². The minimum atomic E-state index is -4.47. The lowest BCUT2D eigenvalue weighted by Gasteiger charge is -2.24. The van der Waals surface area contributed by atoms with E-state index >= 15 is 0 Å². The number of fused-ring (bicyclic) bond motifs is 1. The van der Waals surface area contributed by atoms with Gasteiger partial charge in [0.15, 0.2) is 0 Å². The quantitative estimate of drug-likeness (QED) is 0.217. The van der Waals surface area contributed by atoms with Crippen LogP contribution in [0.4, 0.5) is 13.2 Å². The molecular formula is C25H27F3N6O5S2. The fourth-order valence-corrected chi connectivity index (χ4v) is 5.69. The summed E-state index contributed by atoms with van der Waals surface area (Å²) < 4.78 is 69.4. The number of carbonyl (C=O) groups is 1. The van der Waals surface area contributed by atoms with Gasteiger partial charge in [-0.1, -0.05) is 31.2 Å². The Bertz CT molecular complexity index is 1620. The molecule has 1 unspecified atom stereocenters. The van der Waals surface area contributed by atoms with Crippen LogP contribution in [0.2, 0.25) is 0 Å². The van der Waals surface area contributed by atoms with Gasteiger partial charge in [0.05, 0.1) is 28.0 Å². The molecule has 4 N–H and O–H groups in total. The monoisotopic (exact) mass is 612 g/mol. The lowest BCUT2D eigenvalue weighted by atomic mass is 10.0. The minimum absolute atomic E-state index is 0.00244. The van der Waals surface area contributed by atoms with Crippen molar-refractivity contribution in [1.29, 1.82) is 0 Å². The summed E-state index contributed by atoms with van der Waals surface area (Å²) in [6, 6.07) is 8.01. The lowest BCUT2D eigenvalue weighted by Crippen LogP contribution is -2.42. The van der Waals surface area contributed by atoms with Crippen LogP contribution in [-0.2, 0) is 34.0 Å². The number of nitrogens with zero attached hydrogens (tertiary/aromatic N) is 4. The molecule has 0 bridgehead atoms. The maximum absolute atomic E-state index is 12.8.